The van der Waals surface area contributed by atoms with Gasteiger partial charge in [-0.3, -0.25) is 9.69 Å². The van der Waals surface area contributed by atoms with E-state index in [4.69, 9.17) is 0 Å². The Labute approximate surface area is 112 Å². The molecule has 7 heteroatoms. The second-order valence-corrected chi connectivity index (χ2v) is 6.85. The third-order valence-electron chi connectivity index (χ3n) is 3.45. The van der Waals surface area contributed by atoms with Crippen LogP contribution in [-0.4, -0.2) is 40.1 Å². The minimum absolute atomic E-state index is 0.0476. The fraction of sp³-hybridized carbons (Fsp3) is 0.700. The van der Waals surface area contributed by atoms with Crippen LogP contribution in [-0.2, 0) is 11.3 Å². The molecule has 5 nitrogen and oxygen atoms in total. The van der Waals surface area contributed by atoms with E-state index in [1.165, 1.54) is 11.3 Å². The van der Waals surface area contributed by atoms with Crippen molar-refractivity contribution in [3.63, 3.8) is 0 Å². The lowest BCUT2D eigenvalue weighted by Crippen LogP contribution is -2.46. The topological polar surface area (TPSA) is 58.1 Å². The van der Waals surface area contributed by atoms with Crippen LogP contribution in [0.4, 0.5) is 0 Å². The minimum Gasteiger partial charge on any atom is -0.354 e. The van der Waals surface area contributed by atoms with Crippen LogP contribution in [0.15, 0.2) is 3.92 Å². The number of carbonyl (C=O) groups is 1. The molecule has 2 saturated heterocycles. The number of aromatic nitrogens is 2. The third kappa shape index (κ3) is 2.23. The summed E-state index contributed by atoms with van der Waals surface area (Å²) >= 11 is 4.85. The summed E-state index contributed by atoms with van der Waals surface area (Å²) in [5, 5.41) is 12.0. The van der Waals surface area contributed by atoms with Gasteiger partial charge in [0.1, 0.15) is 5.01 Å². The lowest BCUT2D eigenvalue weighted by Gasteiger charge is -2.34. The van der Waals surface area contributed by atoms with E-state index in [9.17, 15) is 4.79 Å². The molecule has 1 aromatic rings. The molecule has 2 atom stereocenters. The van der Waals surface area contributed by atoms with Crippen LogP contribution in [0.3, 0.4) is 0 Å². The highest BCUT2D eigenvalue weighted by molar-refractivity contribution is 9.11. The molecule has 3 rings (SSSR count). The maximum absolute atomic E-state index is 11.8. The van der Waals surface area contributed by atoms with Gasteiger partial charge in [0.25, 0.3) is 0 Å². The number of halogens is 1. The number of carbonyl (C=O) groups excluding carboxylic acids is 1. The van der Waals surface area contributed by atoms with Crippen molar-refractivity contribution in [1.29, 1.82) is 0 Å². The van der Waals surface area contributed by atoms with Gasteiger partial charge < -0.3 is 5.32 Å². The molecule has 0 unspecified atom stereocenters. The predicted molar refractivity (Wildman–Crippen MR) is 67.5 cm³/mol. The maximum Gasteiger partial charge on any atom is 0.237 e. The molecular formula is C10H13BrN4OS. The summed E-state index contributed by atoms with van der Waals surface area (Å²) in [4.78, 5) is 14.1. The number of hydrogen-bond acceptors (Lipinski definition) is 5. The number of nitrogens with one attached hydrogen (secondary N) is 1. The average Bonchev–Trinajstić information content (AvgIpc) is 2.87. The van der Waals surface area contributed by atoms with Gasteiger partial charge in [-0.25, -0.2) is 0 Å². The molecule has 0 aliphatic carbocycles. The molecule has 92 valence electrons. The normalized spacial score (nSPS) is 29.1. The highest BCUT2D eigenvalue weighted by atomic mass is 79.9. The number of amides is 1. The van der Waals surface area contributed by atoms with Crippen LogP contribution in [0, 0.1) is 5.92 Å². The summed E-state index contributed by atoms with van der Waals surface area (Å²) in [6, 6.07) is 0.0476. The summed E-state index contributed by atoms with van der Waals surface area (Å²) in [6.07, 6.45) is 2.32. The molecule has 0 bridgehead atoms. The third-order valence-corrected chi connectivity index (χ3v) is 4.79. The van der Waals surface area contributed by atoms with Gasteiger partial charge in [-0.1, -0.05) is 11.3 Å². The van der Waals surface area contributed by atoms with Gasteiger partial charge in [0.15, 0.2) is 3.92 Å². The van der Waals surface area contributed by atoms with Crippen LogP contribution in [0.1, 0.15) is 17.8 Å². The van der Waals surface area contributed by atoms with Crippen molar-refractivity contribution >= 4 is 33.2 Å². The number of rotatable bonds is 2. The van der Waals surface area contributed by atoms with E-state index >= 15 is 0 Å². The number of fused-ring (bicyclic) bond motifs is 1. The number of nitrogens with zero attached hydrogens (tertiary/aromatic N) is 3. The first-order valence-electron chi connectivity index (χ1n) is 5.73. The van der Waals surface area contributed by atoms with Crippen LogP contribution < -0.4 is 5.32 Å². The lowest BCUT2D eigenvalue weighted by molar-refractivity contribution is -0.125. The molecule has 17 heavy (non-hydrogen) atoms. The summed E-state index contributed by atoms with van der Waals surface area (Å²) in [5.41, 5.74) is 0. The first-order chi connectivity index (χ1) is 8.24. The van der Waals surface area contributed by atoms with Crippen LogP contribution in [0.5, 0.6) is 0 Å². The van der Waals surface area contributed by atoms with Gasteiger partial charge in [0.2, 0.25) is 5.91 Å². The largest absolute Gasteiger partial charge is 0.354 e. The second-order valence-electron chi connectivity index (χ2n) is 4.51. The predicted octanol–water partition coefficient (Wildman–Crippen LogP) is 1.01. The molecule has 1 aromatic heterocycles. The average molecular weight is 317 g/mol. The molecule has 0 radical (unpaired) electrons. The Morgan fingerprint density at radius 3 is 3.18 bits per heavy atom. The van der Waals surface area contributed by atoms with Crippen molar-refractivity contribution in [3.05, 3.63) is 8.92 Å². The quantitative estimate of drug-likeness (QED) is 0.884. The molecule has 0 spiro atoms. The van der Waals surface area contributed by atoms with Crippen LogP contribution in [0.25, 0.3) is 0 Å². The molecule has 3 heterocycles. The molecule has 0 aromatic carbocycles. The highest BCUT2D eigenvalue weighted by Gasteiger charge is 2.41. The standard InChI is InChI=1S/C10H13BrN4OS/c11-10-14-13-7(17-10)5-15-3-1-2-6-4-12-9(16)8(6)15/h6,8H,1-5H2,(H,12,16)/t6-,8-/m1/s1. The fourth-order valence-corrected chi connectivity index (χ4v) is 3.96. The van der Waals surface area contributed by atoms with Gasteiger partial charge in [-0.2, -0.15) is 0 Å². The molecular weight excluding hydrogens is 304 g/mol. The molecule has 2 fully saturated rings. The number of likely N-dealkylation sites (tertiary alicyclic amines) is 1. The van der Waals surface area contributed by atoms with Crippen LogP contribution >= 0.6 is 27.3 Å². The Balaban J connectivity index is 1.75. The van der Waals surface area contributed by atoms with Crippen LogP contribution in [0.2, 0.25) is 0 Å². The maximum atomic E-state index is 11.8. The fourth-order valence-electron chi connectivity index (χ4n) is 2.73. The monoisotopic (exact) mass is 316 g/mol. The van der Waals surface area contributed by atoms with E-state index in [1.54, 1.807) is 0 Å². The van der Waals surface area contributed by atoms with E-state index in [1.807, 2.05) is 0 Å². The molecule has 1 amide bonds. The van der Waals surface area contributed by atoms with Crippen molar-refractivity contribution in [3.8, 4) is 0 Å². The zero-order chi connectivity index (χ0) is 11.8. The van der Waals surface area contributed by atoms with Gasteiger partial charge in [0.05, 0.1) is 12.6 Å². The Morgan fingerprint density at radius 1 is 1.53 bits per heavy atom. The Bertz CT molecular complexity index is 438. The van der Waals surface area contributed by atoms with Crippen molar-refractivity contribution in [1.82, 2.24) is 20.4 Å². The molecule has 2 aliphatic rings. The van der Waals surface area contributed by atoms with Gasteiger partial charge in [-0.15, -0.1) is 10.2 Å². The SMILES string of the molecule is O=C1NC[C@H]2CCCN(Cc3nnc(Br)s3)[C@@H]12. The summed E-state index contributed by atoms with van der Waals surface area (Å²) in [5.74, 6) is 0.658. The highest BCUT2D eigenvalue weighted by Crippen LogP contribution is 2.29. The summed E-state index contributed by atoms with van der Waals surface area (Å²) in [7, 11) is 0. The summed E-state index contributed by atoms with van der Waals surface area (Å²) in [6.45, 7) is 2.55. The number of piperidine rings is 1. The van der Waals surface area contributed by atoms with Gasteiger partial charge >= 0.3 is 0 Å². The molecule has 0 saturated carbocycles. The second kappa shape index (κ2) is 4.62. The van der Waals surface area contributed by atoms with E-state index in [0.29, 0.717) is 5.92 Å². The van der Waals surface area contributed by atoms with Crippen molar-refractivity contribution < 1.29 is 4.79 Å². The summed E-state index contributed by atoms with van der Waals surface area (Å²) < 4.78 is 0.803. The lowest BCUT2D eigenvalue weighted by atomic mass is 9.92. The van der Waals surface area contributed by atoms with E-state index in [2.05, 4.69) is 36.3 Å². The van der Waals surface area contributed by atoms with Crippen molar-refractivity contribution in [2.45, 2.75) is 25.4 Å². The zero-order valence-corrected chi connectivity index (χ0v) is 11.6. The van der Waals surface area contributed by atoms with E-state index in [0.717, 1.165) is 41.4 Å². The molecule has 2 aliphatic heterocycles. The Hall–Kier alpha value is -0.530. The smallest absolute Gasteiger partial charge is 0.237 e. The zero-order valence-electron chi connectivity index (χ0n) is 9.23. The van der Waals surface area contributed by atoms with Gasteiger partial charge in [-0.05, 0) is 35.3 Å². The first-order valence-corrected chi connectivity index (χ1v) is 7.34. The van der Waals surface area contributed by atoms with E-state index in [-0.39, 0.29) is 11.9 Å². The number of hydrogen-bond donors (Lipinski definition) is 1. The van der Waals surface area contributed by atoms with Gasteiger partial charge in [0, 0.05) is 12.5 Å². The minimum atomic E-state index is 0.0476. The Kier molecular flexibility index (Phi) is 3.14. The van der Waals surface area contributed by atoms with Crippen molar-refractivity contribution in [2.75, 3.05) is 13.1 Å². The first kappa shape index (κ1) is 11.6. The van der Waals surface area contributed by atoms with Crippen molar-refractivity contribution in [2.24, 2.45) is 5.92 Å². The van der Waals surface area contributed by atoms with E-state index < -0.39 is 0 Å². The Morgan fingerprint density at radius 2 is 2.41 bits per heavy atom. The molecule has 1 N–H and O–H groups in total.